The molecule has 34 heavy (non-hydrogen) atoms. The van der Waals surface area contributed by atoms with Gasteiger partial charge in [0.2, 0.25) is 5.89 Å². The smallest absolute Gasteiger partial charge is 0.314 e. The first-order chi connectivity index (χ1) is 16.6. The Balaban J connectivity index is 1.25. The number of rotatable bonds is 7. The lowest BCUT2D eigenvalue weighted by Crippen LogP contribution is -2.46. The molecular formula is C23H24F2N8O. The van der Waals surface area contributed by atoms with E-state index in [1.165, 1.54) is 11.9 Å². The fourth-order valence-corrected chi connectivity index (χ4v) is 3.94. The lowest BCUT2D eigenvalue weighted by Gasteiger charge is -2.35. The van der Waals surface area contributed by atoms with Crippen molar-refractivity contribution in [2.45, 2.75) is 19.9 Å². The van der Waals surface area contributed by atoms with Crippen LogP contribution in [0.4, 0.5) is 14.5 Å². The average molecular weight is 466 g/mol. The van der Waals surface area contributed by atoms with Crippen LogP contribution in [0.25, 0.3) is 22.7 Å². The van der Waals surface area contributed by atoms with Crippen LogP contribution in [0.2, 0.25) is 0 Å². The van der Waals surface area contributed by atoms with Crippen LogP contribution in [-0.4, -0.2) is 67.8 Å². The summed E-state index contributed by atoms with van der Waals surface area (Å²) in [6.45, 7) is 7.87. The van der Waals surface area contributed by atoms with Crippen molar-refractivity contribution in [3.63, 3.8) is 0 Å². The van der Waals surface area contributed by atoms with Crippen molar-refractivity contribution in [2.24, 2.45) is 0 Å². The van der Waals surface area contributed by atoms with Gasteiger partial charge in [-0.15, -0.1) is 15.3 Å². The molecule has 1 saturated heterocycles. The lowest BCUT2D eigenvalue weighted by molar-refractivity contribution is 0.116. The molecule has 4 aromatic rings. The summed E-state index contributed by atoms with van der Waals surface area (Å²) in [6.07, 6.45) is 0.593. The van der Waals surface area contributed by atoms with E-state index in [1.807, 2.05) is 18.3 Å². The number of nitrogens with zero attached hydrogens (tertiary/aromatic N) is 8. The molecule has 1 fully saturated rings. The maximum absolute atomic E-state index is 12.6. The molecule has 0 bridgehead atoms. The summed E-state index contributed by atoms with van der Waals surface area (Å²) in [5.41, 5.74) is 4.19. The van der Waals surface area contributed by atoms with E-state index < -0.39 is 12.3 Å². The fourth-order valence-electron chi connectivity index (χ4n) is 3.94. The van der Waals surface area contributed by atoms with Gasteiger partial charge >= 0.3 is 6.43 Å². The van der Waals surface area contributed by atoms with Crippen LogP contribution in [0.5, 0.6) is 0 Å². The van der Waals surface area contributed by atoms with Gasteiger partial charge in [0.25, 0.3) is 5.89 Å². The van der Waals surface area contributed by atoms with E-state index >= 15 is 0 Å². The fraction of sp³-hybridized carbons (Fsp3) is 0.348. The van der Waals surface area contributed by atoms with Crippen molar-refractivity contribution >= 4 is 5.69 Å². The Bertz CT molecular complexity index is 1230. The maximum atomic E-state index is 12.6. The average Bonchev–Trinajstić information content (AvgIpc) is 3.55. The van der Waals surface area contributed by atoms with Crippen LogP contribution in [0, 0.1) is 0 Å². The highest BCUT2D eigenvalue weighted by atomic mass is 19.3. The van der Waals surface area contributed by atoms with Gasteiger partial charge in [-0.3, -0.25) is 4.98 Å². The Labute approximate surface area is 195 Å². The van der Waals surface area contributed by atoms with Crippen molar-refractivity contribution in [2.75, 3.05) is 37.6 Å². The van der Waals surface area contributed by atoms with Gasteiger partial charge in [0.05, 0.1) is 24.0 Å². The molecule has 1 aliphatic heterocycles. The molecule has 0 saturated carbocycles. The number of anilines is 1. The van der Waals surface area contributed by atoms with E-state index in [0.29, 0.717) is 12.1 Å². The first-order valence-electron chi connectivity index (χ1n) is 11.1. The molecule has 1 aromatic carbocycles. The second-order valence-corrected chi connectivity index (χ2v) is 8.06. The summed E-state index contributed by atoms with van der Waals surface area (Å²) in [7, 11) is 0. The van der Waals surface area contributed by atoms with Crippen LogP contribution >= 0.6 is 0 Å². The summed E-state index contributed by atoms with van der Waals surface area (Å²) in [6, 6.07) is 11.8. The Kier molecular flexibility index (Phi) is 6.26. The molecule has 176 valence electrons. The number of alkyl halides is 2. The standard InChI is InChI=1S/C23H24F2N8O/c1-2-31-8-10-32(11-9-31)19-5-3-4-16(12-19)20-15-33(30-27-20)14-18-7-6-17(13-26-18)22-28-29-23(34-22)21(24)25/h3-7,12-13,15,21H,2,8-11,14H2,1H3. The van der Waals surface area contributed by atoms with Gasteiger partial charge in [0.1, 0.15) is 5.69 Å². The van der Waals surface area contributed by atoms with Crippen molar-refractivity contribution in [3.05, 3.63) is 60.4 Å². The normalized spacial score (nSPS) is 14.8. The van der Waals surface area contributed by atoms with E-state index in [1.54, 1.807) is 16.8 Å². The van der Waals surface area contributed by atoms with E-state index in [-0.39, 0.29) is 5.89 Å². The van der Waals surface area contributed by atoms with Gasteiger partial charge < -0.3 is 14.2 Å². The number of aromatic nitrogens is 6. The van der Waals surface area contributed by atoms with Crippen molar-refractivity contribution in [1.82, 2.24) is 35.1 Å². The molecule has 0 N–H and O–H groups in total. The highest BCUT2D eigenvalue weighted by Gasteiger charge is 2.18. The number of benzene rings is 1. The predicted molar refractivity (Wildman–Crippen MR) is 121 cm³/mol. The van der Waals surface area contributed by atoms with Crippen LogP contribution in [0.3, 0.4) is 0 Å². The van der Waals surface area contributed by atoms with Crippen LogP contribution in [0.1, 0.15) is 24.9 Å². The summed E-state index contributed by atoms with van der Waals surface area (Å²) in [4.78, 5) is 9.22. The highest BCUT2D eigenvalue weighted by molar-refractivity contribution is 5.65. The van der Waals surface area contributed by atoms with Crippen molar-refractivity contribution < 1.29 is 13.2 Å². The second-order valence-electron chi connectivity index (χ2n) is 8.06. The number of hydrogen-bond acceptors (Lipinski definition) is 8. The minimum atomic E-state index is -2.80. The monoisotopic (exact) mass is 466 g/mol. The van der Waals surface area contributed by atoms with Crippen LogP contribution < -0.4 is 4.90 Å². The van der Waals surface area contributed by atoms with Gasteiger partial charge in [0, 0.05) is 43.6 Å². The quantitative estimate of drug-likeness (QED) is 0.409. The van der Waals surface area contributed by atoms with Crippen molar-refractivity contribution in [1.29, 1.82) is 0 Å². The Morgan fingerprint density at radius 1 is 1.00 bits per heavy atom. The van der Waals surface area contributed by atoms with Gasteiger partial charge in [0.15, 0.2) is 0 Å². The first kappa shape index (κ1) is 22.1. The zero-order valence-electron chi connectivity index (χ0n) is 18.7. The van der Waals surface area contributed by atoms with Gasteiger partial charge in [-0.1, -0.05) is 24.3 Å². The summed E-state index contributed by atoms with van der Waals surface area (Å²) in [5, 5.41) is 15.5. The third-order valence-corrected chi connectivity index (χ3v) is 5.89. The third kappa shape index (κ3) is 4.79. The molecular weight excluding hydrogens is 442 g/mol. The molecule has 1 aliphatic rings. The van der Waals surface area contributed by atoms with E-state index in [2.05, 4.69) is 54.3 Å². The summed E-state index contributed by atoms with van der Waals surface area (Å²) in [5.74, 6) is -0.699. The maximum Gasteiger partial charge on any atom is 0.314 e. The number of halogens is 2. The molecule has 0 atom stereocenters. The number of hydrogen-bond donors (Lipinski definition) is 0. The number of piperazine rings is 1. The third-order valence-electron chi connectivity index (χ3n) is 5.89. The largest absolute Gasteiger partial charge is 0.415 e. The molecule has 9 nitrogen and oxygen atoms in total. The zero-order valence-corrected chi connectivity index (χ0v) is 18.7. The highest BCUT2D eigenvalue weighted by Crippen LogP contribution is 2.25. The molecule has 0 aliphatic carbocycles. The van der Waals surface area contributed by atoms with Gasteiger partial charge in [-0.05, 0) is 30.8 Å². The van der Waals surface area contributed by atoms with E-state index in [9.17, 15) is 8.78 Å². The zero-order chi connectivity index (χ0) is 23.5. The SMILES string of the molecule is CCN1CCN(c2cccc(-c3cn(Cc4ccc(-c5nnc(C(F)F)o5)cn4)nn3)c2)CC1. The van der Waals surface area contributed by atoms with Crippen molar-refractivity contribution in [3.8, 4) is 22.7 Å². The Morgan fingerprint density at radius 3 is 2.56 bits per heavy atom. The molecule has 5 rings (SSSR count). The topological polar surface area (TPSA) is 89.0 Å². The lowest BCUT2D eigenvalue weighted by atomic mass is 10.1. The molecule has 3 aromatic heterocycles. The Morgan fingerprint density at radius 2 is 1.85 bits per heavy atom. The molecule has 11 heteroatoms. The minimum absolute atomic E-state index is 0.00776. The summed E-state index contributed by atoms with van der Waals surface area (Å²) >= 11 is 0. The number of pyridine rings is 1. The Hall–Kier alpha value is -3.73. The molecule has 0 spiro atoms. The van der Waals surface area contributed by atoms with Gasteiger partial charge in [-0.2, -0.15) is 8.78 Å². The van der Waals surface area contributed by atoms with E-state index in [4.69, 9.17) is 4.42 Å². The minimum Gasteiger partial charge on any atom is -0.415 e. The first-order valence-corrected chi connectivity index (χ1v) is 11.1. The second kappa shape index (κ2) is 9.64. The van der Waals surface area contributed by atoms with Gasteiger partial charge in [-0.25, -0.2) is 4.68 Å². The number of likely N-dealkylation sites (N-methyl/N-ethyl adjacent to an activating group) is 1. The van der Waals surface area contributed by atoms with Crippen LogP contribution in [0.15, 0.2) is 53.2 Å². The molecule has 4 heterocycles. The van der Waals surface area contributed by atoms with Crippen LogP contribution in [-0.2, 0) is 6.54 Å². The summed E-state index contributed by atoms with van der Waals surface area (Å²) < 4.78 is 32.0. The molecule has 0 radical (unpaired) electrons. The predicted octanol–water partition coefficient (Wildman–Crippen LogP) is 3.52. The molecule has 0 amide bonds. The van der Waals surface area contributed by atoms with E-state index in [0.717, 1.165) is 49.7 Å². The molecule has 0 unspecified atom stereocenters.